The summed E-state index contributed by atoms with van der Waals surface area (Å²) in [6.07, 6.45) is 0.708. The van der Waals surface area contributed by atoms with Crippen molar-refractivity contribution in [2.75, 3.05) is 5.73 Å². The van der Waals surface area contributed by atoms with E-state index in [-0.39, 0.29) is 11.2 Å². The lowest BCUT2D eigenvalue weighted by Gasteiger charge is -2.20. The number of nitrogen functional groups attached to an aromatic ring is 1. The fourth-order valence-electron chi connectivity index (χ4n) is 1.14. The SMILES string of the molecule is CC(C)(C)c1nc(N)c(C=O)cc1Br. The molecule has 1 heterocycles. The quantitative estimate of drug-likeness (QED) is 0.786. The molecule has 0 saturated carbocycles. The van der Waals surface area contributed by atoms with E-state index < -0.39 is 0 Å². The molecular weight excluding hydrogens is 244 g/mol. The molecule has 0 radical (unpaired) electrons. The summed E-state index contributed by atoms with van der Waals surface area (Å²) in [5.41, 5.74) is 6.83. The summed E-state index contributed by atoms with van der Waals surface area (Å²) in [6.45, 7) is 6.13. The highest BCUT2D eigenvalue weighted by Crippen LogP contribution is 2.29. The second-order valence-corrected chi connectivity index (χ2v) is 5.02. The molecule has 0 atom stereocenters. The summed E-state index contributed by atoms with van der Waals surface area (Å²) >= 11 is 3.38. The number of anilines is 1. The van der Waals surface area contributed by atoms with Gasteiger partial charge in [0.2, 0.25) is 0 Å². The van der Waals surface area contributed by atoms with Crippen LogP contribution in [0.3, 0.4) is 0 Å². The topological polar surface area (TPSA) is 56.0 Å². The Bertz CT molecular complexity index is 369. The summed E-state index contributed by atoms with van der Waals surface area (Å²) in [4.78, 5) is 14.8. The third-order valence-corrected chi connectivity index (χ3v) is 2.48. The number of halogens is 1. The Labute approximate surface area is 91.8 Å². The van der Waals surface area contributed by atoms with Gasteiger partial charge in [0.25, 0.3) is 0 Å². The van der Waals surface area contributed by atoms with Gasteiger partial charge in [0, 0.05) is 9.89 Å². The number of hydrogen-bond donors (Lipinski definition) is 1. The molecule has 0 aliphatic heterocycles. The van der Waals surface area contributed by atoms with Crippen molar-refractivity contribution in [1.29, 1.82) is 0 Å². The fraction of sp³-hybridized carbons (Fsp3) is 0.400. The molecular formula is C10H13BrN2O. The number of carbonyl (C=O) groups is 1. The molecule has 1 rings (SSSR count). The lowest BCUT2D eigenvalue weighted by Crippen LogP contribution is -2.16. The first-order valence-corrected chi connectivity index (χ1v) is 5.07. The van der Waals surface area contributed by atoms with Crippen LogP contribution in [0.25, 0.3) is 0 Å². The number of hydrogen-bond acceptors (Lipinski definition) is 3. The van der Waals surface area contributed by atoms with Gasteiger partial charge < -0.3 is 5.73 Å². The summed E-state index contributed by atoms with van der Waals surface area (Å²) in [5, 5.41) is 0. The largest absolute Gasteiger partial charge is 0.383 e. The zero-order valence-corrected chi connectivity index (χ0v) is 10.1. The lowest BCUT2D eigenvalue weighted by atomic mass is 9.91. The summed E-state index contributed by atoms with van der Waals surface area (Å²) in [7, 11) is 0. The van der Waals surface area contributed by atoms with Gasteiger partial charge in [-0.3, -0.25) is 4.79 Å². The molecule has 0 aliphatic carbocycles. The minimum Gasteiger partial charge on any atom is -0.383 e. The van der Waals surface area contributed by atoms with Crippen LogP contribution in [0.5, 0.6) is 0 Å². The summed E-state index contributed by atoms with van der Waals surface area (Å²) < 4.78 is 0.821. The highest BCUT2D eigenvalue weighted by molar-refractivity contribution is 9.10. The smallest absolute Gasteiger partial charge is 0.153 e. The van der Waals surface area contributed by atoms with Gasteiger partial charge in [-0.2, -0.15) is 0 Å². The maximum Gasteiger partial charge on any atom is 0.153 e. The number of aromatic nitrogens is 1. The highest BCUT2D eigenvalue weighted by atomic mass is 79.9. The Kier molecular flexibility index (Phi) is 2.95. The zero-order chi connectivity index (χ0) is 10.9. The molecule has 0 aliphatic rings. The average Bonchev–Trinajstić information content (AvgIpc) is 2.06. The van der Waals surface area contributed by atoms with E-state index in [0.717, 1.165) is 10.2 Å². The number of nitrogens with zero attached hydrogens (tertiary/aromatic N) is 1. The molecule has 0 fully saturated rings. The highest BCUT2D eigenvalue weighted by Gasteiger charge is 2.20. The van der Waals surface area contributed by atoms with Gasteiger partial charge in [-0.1, -0.05) is 20.8 Å². The van der Waals surface area contributed by atoms with Crippen LogP contribution in [-0.2, 0) is 5.41 Å². The van der Waals surface area contributed by atoms with E-state index in [1.165, 1.54) is 0 Å². The standard InChI is InChI=1S/C10H13BrN2O/c1-10(2,3)8-7(11)4-6(5-14)9(12)13-8/h4-5H,1-3H3,(H2,12,13). The van der Waals surface area contributed by atoms with Crippen LogP contribution in [0.2, 0.25) is 0 Å². The van der Waals surface area contributed by atoms with Crippen LogP contribution in [-0.4, -0.2) is 11.3 Å². The maximum absolute atomic E-state index is 10.6. The second kappa shape index (κ2) is 3.69. The van der Waals surface area contributed by atoms with Crippen molar-refractivity contribution in [3.63, 3.8) is 0 Å². The number of pyridine rings is 1. The van der Waals surface area contributed by atoms with E-state index in [2.05, 4.69) is 20.9 Å². The maximum atomic E-state index is 10.6. The van der Waals surface area contributed by atoms with Crippen molar-refractivity contribution in [2.24, 2.45) is 0 Å². The van der Waals surface area contributed by atoms with Gasteiger partial charge in [-0.05, 0) is 22.0 Å². The molecule has 0 aromatic carbocycles. The monoisotopic (exact) mass is 256 g/mol. The molecule has 0 saturated heterocycles. The molecule has 2 N–H and O–H groups in total. The van der Waals surface area contributed by atoms with Crippen molar-refractivity contribution in [1.82, 2.24) is 4.98 Å². The first kappa shape index (κ1) is 11.2. The van der Waals surface area contributed by atoms with Gasteiger partial charge in [0.05, 0.1) is 11.3 Å². The fourth-order valence-corrected chi connectivity index (χ4v) is 2.07. The van der Waals surface area contributed by atoms with Crippen LogP contribution in [0.1, 0.15) is 36.8 Å². The van der Waals surface area contributed by atoms with Crippen molar-refractivity contribution in [3.8, 4) is 0 Å². The van der Waals surface area contributed by atoms with Gasteiger partial charge in [-0.25, -0.2) is 4.98 Å². The first-order chi connectivity index (χ1) is 6.36. The average molecular weight is 257 g/mol. The molecule has 0 spiro atoms. The van der Waals surface area contributed by atoms with Gasteiger partial charge in [0.1, 0.15) is 5.82 Å². The molecule has 4 heteroatoms. The second-order valence-electron chi connectivity index (χ2n) is 4.16. The van der Waals surface area contributed by atoms with Crippen LogP contribution < -0.4 is 5.73 Å². The van der Waals surface area contributed by atoms with Crippen LogP contribution in [0.4, 0.5) is 5.82 Å². The lowest BCUT2D eigenvalue weighted by molar-refractivity contribution is 0.112. The van der Waals surface area contributed by atoms with Crippen molar-refractivity contribution < 1.29 is 4.79 Å². The third-order valence-electron chi connectivity index (χ3n) is 1.87. The number of nitrogens with two attached hydrogens (primary N) is 1. The van der Waals surface area contributed by atoms with Crippen LogP contribution in [0, 0.1) is 0 Å². The molecule has 1 aromatic rings. The first-order valence-electron chi connectivity index (χ1n) is 4.28. The number of aldehydes is 1. The van der Waals surface area contributed by atoms with Crippen molar-refractivity contribution in [3.05, 3.63) is 21.8 Å². The van der Waals surface area contributed by atoms with E-state index in [0.29, 0.717) is 11.8 Å². The van der Waals surface area contributed by atoms with Gasteiger partial charge >= 0.3 is 0 Å². The van der Waals surface area contributed by atoms with Crippen LogP contribution in [0.15, 0.2) is 10.5 Å². The molecule has 0 unspecified atom stereocenters. The molecule has 76 valence electrons. The molecule has 1 aromatic heterocycles. The predicted octanol–water partition coefficient (Wildman–Crippen LogP) is 2.54. The van der Waals surface area contributed by atoms with Gasteiger partial charge in [-0.15, -0.1) is 0 Å². The Balaban J connectivity index is 3.36. The van der Waals surface area contributed by atoms with E-state index in [4.69, 9.17) is 5.73 Å². The molecule has 0 bridgehead atoms. The summed E-state index contributed by atoms with van der Waals surface area (Å²) in [6, 6.07) is 1.70. The van der Waals surface area contributed by atoms with E-state index >= 15 is 0 Å². The predicted molar refractivity (Wildman–Crippen MR) is 60.4 cm³/mol. The molecule has 3 nitrogen and oxygen atoms in total. The minimum absolute atomic E-state index is 0.0889. The molecule has 14 heavy (non-hydrogen) atoms. The van der Waals surface area contributed by atoms with E-state index in [9.17, 15) is 4.79 Å². The minimum atomic E-state index is -0.0889. The molecule has 0 amide bonds. The Morgan fingerprint density at radius 1 is 1.50 bits per heavy atom. The Morgan fingerprint density at radius 2 is 2.07 bits per heavy atom. The third kappa shape index (κ3) is 2.12. The normalized spacial score (nSPS) is 11.4. The van der Waals surface area contributed by atoms with E-state index in [1.54, 1.807) is 6.07 Å². The Morgan fingerprint density at radius 3 is 2.50 bits per heavy atom. The van der Waals surface area contributed by atoms with Crippen molar-refractivity contribution in [2.45, 2.75) is 26.2 Å². The zero-order valence-electron chi connectivity index (χ0n) is 8.47. The number of carbonyl (C=O) groups excluding carboxylic acids is 1. The number of rotatable bonds is 1. The van der Waals surface area contributed by atoms with Crippen molar-refractivity contribution >= 4 is 28.0 Å². The Hall–Kier alpha value is -0.900. The van der Waals surface area contributed by atoms with Gasteiger partial charge in [0.15, 0.2) is 6.29 Å². The van der Waals surface area contributed by atoms with Crippen LogP contribution >= 0.6 is 15.9 Å². The summed E-state index contributed by atoms with van der Waals surface area (Å²) in [5.74, 6) is 0.285. The van der Waals surface area contributed by atoms with E-state index in [1.807, 2.05) is 20.8 Å².